The number of nitrogens with zero attached hydrogens (tertiary/aromatic N) is 2. The first-order valence-corrected chi connectivity index (χ1v) is 8.96. The normalized spacial score (nSPS) is 20.8. The van der Waals surface area contributed by atoms with Gasteiger partial charge in [-0.1, -0.05) is 37.3 Å². The minimum atomic E-state index is -1.10. The summed E-state index contributed by atoms with van der Waals surface area (Å²) in [4.78, 5) is 27.4. The summed E-state index contributed by atoms with van der Waals surface area (Å²) in [6.45, 7) is 1.83. The highest BCUT2D eigenvalue weighted by Gasteiger charge is 2.46. The SMILES string of the molecule is CCC1(Cc2ccc(F)cc2)NC(=O)C(=Cc2ccccc2C#N)N(C)C1=O. The van der Waals surface area contributed by atoms with Gasteiger partial charge < -0.3 is 10.2 Å². The second-order valence-electron chi connectivity index (χ2n) is 6.79. The van der Waals surface area contributed by atoms with Crippen molar-refractivity contribution >= 4 is 17.9 Å². The maximum absolute atomic E-state index is 13.2. The van der Waals surface area contributed by atoms with Crippen LogP contribution in [0.15, 0.2) is 54.2 Å². The van der Waals surface area contributed by atoms with Gasteiger partial charge in [-0.15, -0.1) is 0 Å². The number of hydrogen-bond acceptors (Lipinski definition) is 3. The highest BCUT2D eigenvalue weighted by atomic mass is 19.1. The highest BCUT2D eigenvalue weighted by Crippen LogP contribution is 2.28. The van der Waals surface area contributed by atoms with Crippen molar-refractivity contribution in [3.05, 3.63) is 76.7 Å². The Bertz CT molecular complexity index is 992. The molecule has 1 aliphatic rings. The summed E-state index contributed by atoms with van der Waals surface area (Å²) in [7, 11) is 1.55. The largest absolute Gasteiger partial charge is 0.336 e. The molecule has 6 heteroatoms. The summed E-state index contributed by atoms with van der Waals surface area (Å²) in [5.74, 6) is -0.995. The quantitative estimate of drug-likeness (QED) is 0.833. The first kappa shape index (κ1) is 19.3. The monoisotopic (exact) mass is 377 g/mol. The van der Waals surface area contributed by atoms with Crippen LogP contribution in [0.1, 0.15) is 30.0 Å². The molecule has 2 aromatic rings. The molecule has 1 atom stereocenters. The van der Waals surface area contributed by atoms with E-state index >= 15 is 0 Å². The maximum Gasteiger partial charge on any atom is 0.268 e. The zero-order valence-corrected chi connectivity index (χ0v) is 15.7. The zero-order valence-electron chi connectivity index (χ0n) is 15.7. The minimum absolute atomic E-state index is 0.177. The molecule has 0 radical (unpaired) electrons. The van der Waals surface area contributed by atoms with Crippen molar-refractivity contribution in [2.45, 2.75) is 25.3 Å². The molecular weight excluding hydrogens is 357 g/mol. The van der Waals surface area contributed by atoms with Gasteiger partial charge in [0.2, 0.25) is 0 Å². The second-order valence-corrected chi connectivity index (χ2v) is 6.79. The summed E-state index contributed by atoms with van der Waals surface area (Å²) in [6.07, 6.45) is 2.20. The van der Waals surface area contributed by atoms with E-state index in [1.807, 2.05) is 6.92 Å². The van der Waals surface area contributed by atoms with E-state index in [4.69, 9.17) is 0 Å². The van der Waals surface area contributed by atoms with E-state index in [1.165, 1.54) is 17.0 Å². The lowest BCUT2D eigenvalue weighted by Crippen LogP contribution is -2.65. The van der Waals surface area contributed by atoms with E-state index in [0.29, 0.717) is 17.5 Å². The van der Waals surface area contributed by atoms with Gasteiger partial charge in [-0.2, -0.15) is 5.26 Å². The maximum atomic E-state index is 13.2. The van der Waals surface area contributed by atoms with Gasteiger partial charge in [0.15, 0.2) is 0 Å². The van der Waals surface area contributed by atoms with Crippen molar-refractivity contribution in [2.75, 3.05) is 7.05 Å². The van der Waals surface area contributed by atoms with E-state index in [2.05, 4.69) is 11.4 Å². The van der Waals surface area contributed by atoms with Gasteiger partial charge in [0, 0.05) is 13.5 Å². The van der Waals surface area contributed by atoms with Crippen LogP contribution in [0, 0.1) is 17.1 Å². The van der Waals surface area contributed by atoms with Gasteiger partial charge >= 0.3 is 0 Å². The predicted octanol–water partition coefficient (Wildman–Crippen LogP) is 3.02. The Morgan fingerprint density at radius 2 is 1.86 bits per heavy atom. The van der Waals surface area contributed by atoms with Crippen LogP contribution in [0.2, 0.25) is 0 Å². The summed E-state index contributed by atoms with van der Waals surface area (Å²) in [5.41, 5.74) is 0.818. The topological polar surface area (TPSA) is 73.2 Å². The van der Waals surface area contributed by atoms with Crippen LogP contribution in [0.25, 0.3) is 6.08 Å². The first-order valence-electron chi connectivity index (χ1n) is 8.96. The number of nitriles is 1. The Morgan fingerprint density at radius 1 is 1.18 bits per heavy atom. The number of benzene rings is 2. The van der Waals surface area contributed by atoms with E-state index in [0.717, 1.165) is 5.56 Å². The fourth-order valence-electron chi connectivity index (χ4n) is 3.39. The van der Waals surface area contributed by atoms with E-state index < -0.39 is 5.54 Å². The van der Waals surface area contributed by atoms with Crippen molar-refractivity contribution < 1.29 is 14.0 Å². The Balaban J connectivity index is 1.95. The van der Waals surface area contributed by atoms with E-state index in [-0.39, 0.29) is 29.7 Å². The lowest BCUT2D eigenvalue weighted by molar-refractivity contribution is -0.144. The standard InChI is InChI=1S/C22H20FN3O2/c1-3-22(13-15-8-10-18(23)11-9-15)21(28)26(2)19(20(27)25-22)12-16-6-4-5-7-17(16)14-24/h4-12H,3,13H2,1-2H3,(H,25,27). The lowest BCUT2D eigenvalue weighted by atomic mass is 9.84. The fraction of sp³-hybridized carbons (Fsp3) is 0.227. The number of carbonyl (C=O) groups is 2. The molecule has 0 saturated carbocycles. The van der Waals surface area contributed by atoms with Crippen molar-refractivity contribution in [1.82, 2.24) is 10.2 Å². The van der Waals surface area contributed by atoms with Crippen molar-refractivity contribution in [3.63, 3.8) is 0 Å². The molecule has 1 saturated heterocycles. The van der Waals surface area contributed by atoms with Crippen LogP contribution in [-0.2, 0) is 16.0 Å². The molecule has 1 N–H and O–H groups in total. The number of halogens is 1. The number of nitrogens with one attached hydrogen (secondary N) is 1. The first-order chi connectivity index (χ1) is 13.4. The van der Waals surface area contributed by atoms with Crippen LogP contribution in [-0.4, -0.2) is 29.3 Å². The number of likely N-dealkylation sites (N-methyl/N-ethyl adjacent to an activating group) is 1. The molecule has 3 rings (SSSR count). The molecule has 1 fully saturated rings. The minimum Gasteiger partial charge on any atom is -0.336 e. The Morgan fingerprint density at radius 3 is 2.50 bits per heavy atom. The van der Waals surface area contributed by atoms with Crippen LogP contribution >= 0.6 is 0 Å². The van der Waals surface area contributed by atoms with Crippen molar-refractivity contribution in [3.8, 4) is 6.07 Å². The van der Waals surface area contributed by atoms with Gasteiger partial charge in [-0.25, -0.2) is 4.39 Å². The van der Waals surface area contributed by atoms with Crippen LogP contribution in [0.4, 0.5) is 4.39 Å². The number of piperazine rings is 1. The Labute approximate surface area is 163 Å². The molecule has 28 heavy (non-hydrogen) atoms. The summed E-state index contributed by atoms with van der Waals surface area (Å²) < 4.78 is 13.2. The summed E-state index contributed by atoms with van der Waals surface area (Å²) in [6, 6.07) is 14.8. The van der Waals surface area contributed by atoms with E-state index in [1.54, 1.807) is 49.5 Å². The molecule has 2 amide bonds. The molecular formula is C22H20FN3O2. The molecule has 5 nitrogen and oxygen atoms in total. The van der Waals surface area contributed by atoms with Crippen LogP contribution in [0.5, 0.6) is 0 Å². The van der Waals surface area contributed by atoms with Gasteiger partial charge in [-0.05, 0) is 41.8 Å². The highest BCUT2D eigenvalue weighted by molar-refractivity contribution is 6.09. The third kappa shape index (κ3) is 3.52. The smallest absolute Gasteiger partial charge is 0.268 e. The molecule has 0 aliphatic carbocycles. The molecule has 1 heterocycles. The average molecular weight is 377 g/mol. The molecule has 1 aliphatic heterocycles. The summed E-state index contributed by atoms with van der Waals surface area (Å²) >= 11 is 0. The molecule has 2 aromatic carbocycles. The van der Waals surface area contributed by atoms with Gasteiger partial charge in [0.1, 0.15) is 17.1 Å². The molecule has 0 bridgehead atoms. The molecule has 0 aromatic heterocycles. The number of rotatable bonds is 4. The predicted molar refractivity (Wildman–Crippen MR) is 103 cm³/mol. The zero-order chi connectivity index (χ0) is 20.3. The van der Waals surface area contributed by atoms with Crippen molar-refractivity contribution in [1.29, 1.82) is 5.26 Å². The number of hydrogen-bond donors (Lipinski definition) is 1. The average Bonchev–Trinajstić information content (AvgIpc) is 2.71. The third-order valence-electron chi connectivity index (χ3n) is 5.06. The number of carbonyl (C=O) groups excluding carboxylic acids is 2. The fourth-order valence-corrected chi connectivity index (χ4v) is 3.39. The molecule has 1 unspecified atom stereocenters. The lowest BCUT2D eigenvalue weighted by Gasteiger charge is -2.41. The van der Waals surface area contributed by atoms with Crippen molar-refractivity contribution in [2.24, 2.45) is 0 Å². The van der Waals surface area contributed by atoms with E-state index in [9.17, 15) is 19.2 Å². The summed E-state index contributed by atoms with van der Waals surface area (Å²) in [5, 5.41) is 12.1. The third-order valence-corrected chi connectivity index (χ3v) is 5.06. The Hall–Kier alpha value is -3.46. The second kappa shape index (κ2) is 7.65. The van der Waals surface area contributed by atoms with Gasteiger partial charge in [0.25, 0.3) is 11.8 Å². The van der Waals surface area contributed by atoms with Crippen LogP contribution < -0.4 is 5.32 Å². The Kier molecular flexibility index (Phi) is 5.27. The van der Waals surface area contributed by atoms with Crippen LogP contribution in [0.3, 0.4) is 0 Å². The van der Waals surface area contributed by atoms with Gasteiger partial charge in [0.05, 0.1) is 11.6 Å². The molecule has 0 spiro atoms. The van der Waals surface area contributed by atoms with Gasteiger partial charge in [-0.3, -0.25) is 9.59 Å². The number of amides is 2. The molecule has 142 valence electrons.